The van der Waals surface area contributed by atoms with E-state index < -0.39 is 0 Å². The predicted octanol–water partition coefficient (Wildman–Crippen LogP) is 4.36. The lowest BCUT2D eigenvalue weighted by molar-refractivity contribution is -0.111. The molecule has 3 N–H and O–H groups in total. The number of aromatic nitrogens is 3. The molecule has 43 heavy (non-hydrogen) atoms. The molecule has 0 spiro atoms. The number of hydrogen-bond acceptors (Lipinski definition) is 8. The van der Waals surface area contributed by atoms with Crippen LogP contribution in [0.2, 0.25) is 0 Å². The molecule has 220 valence electrons. The van der Waals surface area contributed by atoms with Gasteiger partial charge in [0.25, 0.3) is 5.91 Å². The number of nitrogens with two attached hydrogens (primary N) is 1. The van der Waals surface area contributed by atoms with Crippen molar-refractivity contribution in [2.24, 2.45) is 0 Å². The molecule has 0 saturated heterocycles. The van der Waals surface area contributed by atoms with E-state index >= 15 is 0 Å². The fourth-order valence-electron chi connectivity index (χ4n) is 4.28. The summed E-state index contributed by atoms with van der Waals surface area (Å²) in [6.45, 7) is 0.655. The van der Waals surface area contributed by atoms with Crippen LogP contribution in [0.4, 0.5) is 11.5 Å². The first-order valence-corrected chi connectivity index (χ1v) is 13.7. The summed E-state index contributed by atoms with van der Waals surface area (Å²) < 4.78 is 0. The SMILES string of the molecule is CN(C)C/C=C/C(=O)Nc1cccc(C(=O)CCc2cc(-c3cnc(N)c(-c4ccc(C(=O)N(C)C)cn4)c3)ccn2)c1. The molecule has 3 aromatic heterocycles. The van der Waals surface area contributed by atoms with Gasteiger partial charge in [0.15, 0.2) is 5.78 Å². The maximum atomic E-state index is 13.0. The molecule has 0 bridgehead atoms. The summed E-state index contributed by atoms with van der Waals surface area (Å²) in [5.74, 6) is -0.110. The molecule has 10 nitrogen and oxygen atoms in total. The van der Waals surface area contributed by atoms with Crippen LogP contribution in [0.3, 0.4) is 0 Å². The highest BCUT2D eigenvalue weighted by atomic mass is 16.2. The molecule has 0 aliphatic heterocycles. The summed E-state index contributed by atoms with van der Waals surface area (Å²) >= 11 is 0. The molecule has 4 aromatic rings. The highest BCUT2D eigenvalue weighted by Crippen LogP contribution is 2.29. The molecule has 0 unspecified atom stereocenters. The fraction of sp³-hybridized carbons (Fsp3) is 0.212. The number of carbonyl (C=O) groups is 3. The minimum absolute atomic E-state index is 0.0508. The van der Waals surface area contributed by atoms with Crippen LogP contribution in [0, 0.1) is 0 Å². The Balaban J connectivity index is 1.43. The Morgan fingerprint density at radius 1 is 0.884 bits per heavy atom. The fourth-order valence-corrected chi connectivity index (χ4v) is 4.28. The van der Waals surface area contributed by atoms with E-state index in [9.17, 15) is 14.4 Å². The summed E-state index contributed by atoms with van der Waals surface area (Å²) in [7, 11) is 7.22. The van der Waals surface area contributed by atoms with E-state index in [-0.39, 0.29) is 24.0 Å². The lowest BCUT2D eigenvalue weighted by Gasteiger charge is -2.11. The number of nitrogens with zero attached hydrogens (tertiary/aromatic N) is 5. The van der Waals surface area contributed by atoms with Crippen molar-refractivity contribution in [2.45, 2.75) is 12.8 Å². The highest BCUT2D eigenvalue weighted by Gasteiger charge is 2.13. The number of carbonyl (C=O) groups excluding carboxylic acids is 3. The summed E-state index contributed by atoms with van der Waals surface area (Å²) in [5.41, 5.74) is 11.4. The molecule has 3 heterocycles. The summed E-state index contributed by atoms with van der Waals surface area (Å²) in [4.78, 5) is 54.1. The number of hydrogen-bond donors (Lipinski definition) is 2. The predicted molar refractivity (Wildman–Crippen MR) is 169 cm³/mol. The summed E-state index contributed by atoms with van der Waals surface area (Å²) in [6, 6.07) is 16.1. The average Bonchev–Trinajstić information content (AvgIpc) is 3.00. The summed E-state index contributed by atoms with van der Waals surface area (Å²) in [5, 5.41) is 2.80. The van der Waals surface area contributed by atoms with Gasteiger partial charge in [-0.15, -0.1) is 0 Å². The van der Waals surface area contributed by atoms with Gasteiger partial charge in [-0.3, -0.25) is 24.4 Å². The van der Waals surface area contributed by atoms with Gasteiger partial charge in [-0.25, -0.2) is 4.98 Å². The first-order chi connectivity index (χ1) is 20.6. The van der Waals surface area contributed by atoms with E-state index in [0.717, 1.165) is 16.8 Å². The monoisotopic (exact) mass is 577 g/mol. The van der Waals surface area contributed by atoms with E-state index in [1.54, 1.807) is 69.0 Å². The van der Waals surface area contributed by atoms with E-state index in [4.69, 9.17) is 5.73 Å². The van der Waals surface area contributed by atoms with Crippen LogP contribution in [-0.4, -0.2) is 77.1 Å². The maximum absolute atomic E-state index is 13.0. The quantitative estimate of drug-likeness (QED) is 0.198. The smallest absolute Gasteiger partial charge is 0.254 e. The van der Waals surface area contributed by atoms with E-state index in [1.165, 1.54) is 17.2 Å². The third-order valence-electron chi connectivity index (χ3n) is 6.56. The highest BCUT2D eigenvalue weighted by molar-refractivity contribution is 6.01. The van der Waals surface area contributed by atoms with Gasteiger partial charge in [-0.2, -0.15) is 0 Å². The number of benzene rings is 1. The van der Waals surface area contributed by atoms with Gasteiger partial charge >= 0.3 is 0 Å². The summed E-state index contributed by atoms with van der Waals surface area (Å²) in [6.07, 6.45) is 8.86. The molecule has 10 heteroatoms. The Labute approximate surface area is 251 Å². The first kappa shape index (κ1) is 30.7. The van der Waals surface area contributed by atoms with Gasteiger partial charge in [-0.05, 0) is 68.5 Å². The van der Waals surface area contributed by atoms with Gasteiger partial charge < -0.3 is 20.9 Å². The van der Waals surface area contributed by atoms with Gasteiger partial charge in [0.05, 0.1) is 11.3 Å². The number of anilines is 2. The number of rotatable bonds is 11. The van der Waals surface area contributed by atoms with Gasteiger partial charge in [0, 0.05) is 79.8 Å². The standard InChI is InChI=1S/C33H35N7O3/c1-39(2)16-6-9-31(42)38-27-8-5-7-23(18-27)30(41)13-11-26-17-22(14-15-35-26)25-19-28(32(34)37-21-25)29-12-10-24(20-36-29)33(43)40(3)4/h5-10,12,14-15,17-21H,11,13,16H2,1-4H3,(H2,34,37)(H,38,42)/b9-6+. The molecule has 0 atom stereocenters. The minimum atomic E-state index is -0.250. The number of pyridine rings is 3. The zero-order chi connectivity index (χ0) is 30.9. The van der Waals surface area contributed by atoms with Crippen LogP contribution in [0.15, 0.2) is 85.3 Å². The van der Waals surface area contributed by atoms with Gasteiger partial charge in [0.1, 0.15) is 5.82 Å². The lowest BCUT2D eigenvalue weighted by atomic mass is 10.0. The maximum Gasteiger partial charge on any atom is 0.254 e. The topological polar surface area (TPSA) is 134 Å². The number of Topliss-reactive ketones (excluding diaryl/α,β-unsaturated/α-hetero) is 1. The Hall–Kier alpha value is -5.22. The third-order valence-corrected chi connectivity index (χ3v) is 6.56. The van der Waals surface area contributed by atoms with Crippen LogP contribution in [-0.2, 0) is 11.2 Å². The minimum Gasteiger partial charge on any atom is -0.383 e. The van der Waals surface area contributed by atoms with Gasteiger partial charge in [0.2, 0.25) is 5.91 Å². The van der Waals surface area contributed by atoms with Crippen LogP contribution in [0.5, 0.6) is 0 Å². The molecule has 4 rings (SSSR count). The van der Waals surface area contributed by atoms with E-state index in [2.05, 4.69) is 20.3 Å². The molecule has 0 aliphatic carbocycles. The molecule has 0 saturated carbocycles. The van der Waals surface area contributed by atoms with Crippen LogP contribution in [0.25, 0.3) is 22.4 Å². The number of ketones is 1. The number of likely N-dealkylation sites (N-methyl/N-ethyl adjacent to an activating group) is 1. The van der Waals surface area contributed by atoms with Crippen molar-refractivity contribution in [2.75, 3.05) is 45.8 Å². The van der Waals surface area contributed by atoms with Crippen molar-refractivity contribution in [1.82, 2.24) is 24.8 Å². The van der Waals surface area contributed by atoms with Crippen LogP contribution >= 0.6 is 0 Å². The number of nitrogen functional groups attached to an aromatic ring is 1. The Kier molecular flexibility index (Phi) is 10.1. The van der Waals surface area contributed by atoms with Crippen molar-refractivity contribution in [3.05, 3.63) is 102 Å². The second-order valence-corrected chi connectivity index (χ2v) is 10.5. The van der Waals surface area contributed by atoms with Crippen molar-refractivity contribution in [3.63, 3.8) is 0 Å². The average molecular weight is 578 g/mol. The lowest BCUT2D eigenvalue weighted by Crippen LogP contribution is -2.21. The largest absolute Gasteiger partial charge is 0.383 e. The Bertz CT molecular complexity index is 1650. The second kappa shape index (κ2) is 14.1. The normalized spacial score (nSPS) is 11.1. The zero-order valence-corrected chi connectivity index (χ0v) is 24.7. The molecule has 1 aromatic carbocycles. The van der Waals surface area contributed by atoms with Crippen molar-refractivity contribution >= 4 is 29.1 Å². The number of amides is 2. The van der Waals surface area contributed by atoms with Crippen molar-refractivity contribution in [1.29, 1.82) is 0 Å². The Morgan fingerprint density at radius 2 is 1.70 bits per heavy atom. The van der Waals surface area contributed by atoms with E-state index in [1.807, 2.05) is 37.2 Å². The molecule has 0 radical (unpaired) electrons. The van der Waals surface area contributed by atoms with Crippen molar-refractivity contribution in [3.8, 4) is 22.4 Å². The van der Waals surface area contributed by atoms with Gasteiger partial charge in [-0.1, -0.05) is 18.2 Å². The molecule has 0 aliphatic rings. The van der Waals surface area contributed by atoms with Crippen molar-refractivity contribution < 1.29 is 14.4 Å². The third kappa shape index (κ3) is 8.40. The molecule has 0 fully saturated rings. The Morgan fingerprint density at radius 3 is 2.42 bits per heavy atom. The van der Waals surface area contributed by atoms with E-state index in [0.29, 0.717) is 46.9 Å². The van der Waals surface area contributed by atoms with Crippen LogP contribution < -0.4 is 11.1 Å². The number of nitrogens with one attached hydrogen (secondary N) is 1. The molecular weight excluding hydrogens is 542 g/mol. The second-order valence-electron chi connectivity index (χ2n) is 10.5. The number of aryl methyl sites for hydroxylation is 1. The molecule has 2 amide bonds. The van der Waals surface area contributed by atoms with Crippen LogP contribution in [0.1, 0.15) is 32.8 Å². The zero-order valence-electron chi connectivity index (χ0n) is 24.7. The molecular formula is C33H35N7O3. The first-order valence-electron chi connectivity index (χ1n) is 13.7.